The summed E-state index contributed by atoms with van der Waals surface area (Å²) in [5.74, 6) is -0.971. The molecule has 236 valence electrons. The molecule has 1 amide bonds. The number of carbonyl (C=O) groups excluding carboxylic acids is 2. The maximum absolute atomic E-state index is 12.5. The molecule has 43 heavy (non-hydrogen) atoms. The number of fused-ring (bicyclic) bond motifs is 2. The van der Waals surface area contributed by atoms with E-state index >= 15 is 0 Å². The molecule has 8 heteroatoms. The minimum Gasteiger partial charge on any atom is -0.465 e. The van der Waals surface area contributed by atoms with Crippen LogP contribution in [-0.2, 0) is 31.9 Å². The first-order chi connectivity index (χ1) is 20.9. The standard InChI is InChI=1S/C18H25NO4.C17H25NO2/c1-2-3-4-8-14(12-19-18(21)22)17(20)23-16-11-10-13-7-5-6-9-15(13)16;1-2-3-4-8-14(12-18)17(19)20-16-11-10-13-7-5-6-9-15(13)16/h5-7,9,14,16,19H,2-4,8,10-12H2,1H3,(H,21,22);5-7,9,14,16H,2-4,8,10-12,18H2,1H3. The lowest BCUT2D eigenvalue weighted by atomic mass is 10.0. The molecule has 0 fully saturated rings. The summed E-state index contributed by atoms with van der Waals surface area (Å²) < 4.78 is 11.4. The van der Waals surface area contributed by atoms with E-state index < -0.39 is 12.0 Å². The Bertz CT molecular complexity index is 1170. The van der Waals surface area contributed by atoms with E-state index in [4.69, 9.17) is 20.3 Å². The van der Waals surface area contributed by atoms with Crippen LogP contribution >= 0.6 is 0 Å². The van der Waals surface area contributed by atoms with E-state index in [0.717, 1.165) is 76.2 Å². The molecule has 0 saturated carbocycles. The van der Waals surface area contributed by atoms with Gasteiger partial charge in [-0.3, -0.25) is 9.59 Å². The molecular formula is C35H50N2O6. The zero-order valence-electron chi connectivity index (χ0n) is 25.9. The van der Waals surface area contributed by atoms with Crippen molar-refractivity contribution in [3.05, 3.63) is 70.8 Å². The maximum atomic E-state index is 12.5. The highest BCUT2D eigenvalue weighted by atomic mass is 16.5. The number of nitrogens with one attached hydrogen (secondary N) is 1. The molecule has 2 aliphatic carbocycles. The first-order valence-electron chi connectivity index (χ1n) is 16.1. The number of aryl methyl sites for hydroxylation is 2. The Morgan fingerprint density at radius 3 is 1.72 bits per heavy atom. The van der Waals surface area contributed by atoms with Crippen LogP contribution in [0.5, 0.6) is 0 Å². The maximum Gasteiger partial charge on any atom is 0.404 e. The molecule has 2 aromatic rings. The van der Waals surface area contributed by atoms with Gasteiger partial charge in [0, 0.05) is 13.1 Å². The Balaban J connectivity index is 0.000000238. The van der Waals surface area contributed by atoms with Gasteiger partial charge < -0.3 is 25.6 Å². The summed E-state index contributed by atoms with van der Waals surface area (Å²) >= 11 is 0. The highest BCUT2D eigenvalue weighted by Crippen LogP contribution is 2.35. The number of rotatable bonds is 15. The summed E-state index contributed by atoms with van der Waals surface area (Å²) in [6, 6.07) is 16.2. The largest absolute Gasteiger partial charge is 0.465 e. The van der Waals surface area contributed by atoms with E-state index in [1.54, 1.807) is 0 Å². The molecule has 0 saturated heterocycles. The first kappa shape index (κ1) is 34.1. The number of nitrogens with two attached hydrogens (primary N) is 1. The van der Waals surface area contributed by atoms with Crippen molar-refractivity contribution >= 4 is 18.0 Å². The number of unbranched alkanes of at least 4 members (excludes halogenated alkanes) is 4. The number of benzene rings is 2. The molecule has 4 atom stereocenters. The molecule has 4 rings (SSSR count). The lowest BCUT2D eigenvalue weighted by Crippen LogP contribution is -2.33. The Hall–Kier alpha value is -3.39. The van der Waals surface area contributed by atoms with Gasteiger partial charge in [-0.2, -0.15) is 0 Å². The van der Waals surface area contributed by atoms with Crippen molar-refractivity contribution in [2.75, 3.05) is 13.1 Å². The molecule has 2 aliphatic rings. The fourth-order valence-corrected chi connectivity index (χ4v) is 5.88. The average Bonchev–Trinajstić information content (AvgIpc) is 3.61. The van der Waals surface area contributed by atoms with Gasteiger partial charge in [-0.05, 0) is 60.8 Å². The third kappa shape index (κ3) is 10.7. The minimum absolute atomic E-state index is 0.0704. The smallest absolute Gasteiger partial charge is 0.404 e. The van der Waals surface area contributed by atoms with Crippen LogP contribution in [0.25, 0.3) is 0 Å². The van der Waals surface area contributed by atoms with E-state index in [-0.39, 0.29) is 36.6 Å². The average molecular weight is 595 g/mol. The molecular weight excluding hydrogens is 544 g/mol. The van der Waals surface area contributed by atoms with Gasteiger partial charge in [0.25, 0.3) is 0 Å². The molecule has 0 radical (unpaired) electrons. The number of esters is 2. The summed E-state index contributed by atoms with van der Waals surface area (Å²) in [6.07, 6.45) is 10.1. The number of hydrogen-bond acceptors (Lipinski definition) is 6. The van der Waals surface area contributed by atoms with Crippen LogP contribution in [0, 0.1) is 11.8 Å². The second-order valence-electron chi connectivity index (χ2n) is 11.6. The van der Waals surface area contributed by atoms with Gasteiger partial charge in [-0.25, -0.2) is 4.79 Å². The normalized spacial score (nSPS) is 17.9. The summed E-state index contributed by atoms with van der Waals surface area (Å²) in [5.41, 5.74) is 10.5. The van der Waals surface area contributed by atoms with Gasteiger partial charge in [-0.15, -0.1) is 0 Å². The summed E-state index contributed by atoms with van der Waals surface area (Å²) in [4.78, 5) is 35.4. The first-order valence-corrected chi connectivity index (χ1v) is 16.1. The molecule has 2 aromatic carbocycles. The van der Waals surface area contributed by atoms with E-state index in [0.29, 0.717) is 13.0 Å². The molecule has 4 unspecified atom stereocenters. The van der Waals surface area contributed by atoms with Crippen molar-refractivity contribution in [3.63, 3.8) is 0 Å². The van der Waals surface area contributed by atoms with Gasteiger partial charge in [0.2, 0.25) is 0 Å². The monoisotopic (exact) mass is 594 g/mol. The van der Waals surface area contributed by atoms with E-state index in [1.165, 1.54) is 16.7 Å². The second kappa shape index (κ2) is 18.3. The van der Waals surface area contributed by atoms with Crippen molar-refractivity contribution < 1.29 is 29.0 Å². The number of ether oxygens (including phenoxy) is 2. The van der Waals surface area contributed by atoms with Crippen LogP contribution in [0.2, 0.25) is 0 Å². The van der Waals surface area contributed by atoms with Crippen LogP contribution in [0.4, 0.5) is 4.79 Å². The minimum atomic E-state index is -1.11. The lowest BCUT2D eigenvalue weighted by Gasteiger charge is -2.19. The zero-order chi connectivity index (χ0) is 31.0. The van der Waals surface area contributed by atoms with E-state index in [1.807, 2.05) is 30.3 Å². The number of hydrogen-bond donors (Lipinski definition) is 3. The molecule has 0 heterocycles. The topological polar surface area (TPSA) is 128 Å². The van der Waals surface area contributed by atoms with E-state index in [9.17, 15) is 14.4 Å². The molecule has 0 aliphatic heterocycles. The highest BCUT2D eigenvalue weighted by Gasteiger charge is 2.30. The summed E-state index contributed by atoms with van der Waals surface area (Å²) in [5, 5.41) is 11.1. The predicted molar refractivity (Wildman–Crippen MR) is 168 cm³/mol. The molecule has 0 aromatic heterocycles. The van der Waals surface area contributed by atoms with Crippen LogP contribution in [-0.4, -0.2) is 36.2 Å². The van der Waals surface area contributed by atoms with Crippen molar-refractivity contribution in [2.24, 2.45) is 17.6 Å². The fourth-order valence-electron chi connectivity index (χ4n) is 5.88. The number of carboxylic acid groups (broad SMARTS) is 1. The third-order valence-electron chi connectivity index (χ3n) is 8.44. The van der Waals surface area contributed by atoms with Gasteiger partial charge >= 0.3 is 18.0 Å². The molecule has 0 spiro atoms. The predicted octanol–water partition coefficient (Wildman–Crippen LogP) is 7.05. The molecule has 4 N–H and O–H groups in total. The SMILES string of the molecule is CCCCCC(CN)C(=O)OC1CCc2ccccc21.CCCCCC(CNC(=O)O)C(=O)OC1CCc2ccccc21. The van der Waals surface area contributed by atoms with Crippen molar-refractivity contribution in [2.45, 2.75) is 103 Å². The Labute approximate surface area is 256 Å². The third-order valence-corrected chi connectivity index (χ3v) is 8.44. The van der Waals surface area contributed by atoms with Crippen molar-refractivity contribution in [1.29, 1.82) is 0 Å². The quantitative estimate of drug-likeness (QED) is 0.149. The van der Waals surface area contributed by atoms with Gasteiger partial charge in [0.15, 0.2) is 0 Å². The van der Waals surface area contributed by atoms with Gasteiger partial charge in [0.05, 0.1) is 11.8 Å². The Morgan fingerprint density at radius 1 is 0.791 bits per heavy atom. The summed E-state index contributed by atoms with van der Waals surface area (Å²) in [6.45, 7) is 4.76. The van der Waals surface area contributed by atoms with Crippen molar-refractivity contribution in [3.8, 4) is 0 Å². The lowest BCUT2D eigenvalue weighted by molar-refractivity contribution is -0.155. The highest BCUT2D eigenvalue weighted by molar-refractivity contribution is 5.74. The zero-order valence-corrected chi connectivity index (χ0v) is 25.9. The van der Waals surface area contributed by atoms with Crippen LogP contribution in [0.15, 0.2) is 48.5 Å². The molecule has 8 nitrogen and oxygen atoms in total. The summed E-state index contributed by atoms with van der Waals surface area (Å²) in [7, 11) is 0. The second-order valence-corrected chi connectivity index (χ2v) is 11.6. The Kier molecular flexibility index (Phi) is 14.5. The Morgan fingerprint density at radius 2 is 1.26 bits per heavy atom. The fraction of sp³-hybridized carbons (Fsp3) is 0.571. The van der Waals surface area contributed by atoms with Crippen LogP contribution in [0.3, 0.4) is 0 Å². The van der Waals surface area contributed by atoms with Gasteiger partial charge in [-0.1, -0.05) is 101 Å². The van der Waals surface area contributed by atoms with E-state index in [2.05, 4.69) is 37.4 Å². The van der Waals surface area contributed by atoms with Crippen LogP contribution in [0.1, 0.15) is 113 Å². The number of amides is 1. The number of carbonyl (C=O) groups is 3. The molecule has 0 bridgehead atoms. The van der Waals surface area contributed by atoms with Crippen molar-refractivity contribution in [1.82, 2.24) is 5.32 Å². The van der Waals surface area contributed by atoms with Gasteiger partial charge in [0.1, 0.15) is 12.2 Å². The van der Waals surface area contributed by atoms with Crippen LogP contribution < -0.4 is 11.1 Å².